The molecule has 17 heavy (non-hydrogen) atoms. The molecule has 0 aliphatic heterocycles. The van der Waals surface area contributed by atoms with Gasteiger partial charge in [0.2, 0.25) is 0 Å². The van der Waals surface area contributed by atoms with Gasteiger partial charge >= 0.3 is 0 Å². The fourth-order valence-corrected chi connectivity index (χ4v) is 1.24. The van der Waals surface area contributed by atoms with Crippen LogP contribution >= 0.6 is 0 Å². The lowest BCUT2D eigenvalue weighted by atomic mass is 10.2. The Kier molecular flexibility index (Phi) is 5.00. The van der Waals surface area contributed by atoms with E-state index in [9.17, 15) is 0 Å². The normalized spacial score (nSPS) is 9.71. The standard InChI is InChI=1S/C10H15N5O2/c11-6-7-5-8(12)10(14-2-4-17)15-9(7)13-1-3-16/h5,16-17H,1-4,12H2,(H2,13,14,15). The largest absolute Gasteiger partial charge is 0.396 e. The third-order valence-electron chi connectivity index (χ3n) is 1.98. The molecule has 1 aromatic rings. The second-order valence-corrected chi connectivity index (χ2v) is 3.23. The third-order valence-corrected chi connectivity index (χ3v) is 1.98. The van der Waals surface area contributed by atoms with E-state index >= 15 is 0 Å². The van der Waals surface area contributed by atoms with Crippen molar-refractivity contribution in [3.8, 4) is 6.07 Å². The molecular weight excluding hydrogens is 222 g/mol. The van der Waals surface area contributed by atoms with Crippen LogP contribution in [-0.2, 0) is 0 Å². The highest BCUT2D eigenvalue weighted by molar-refractivity contribution is 5.69. The van der Waals surface area contributed by atoms with Crippen LogP contribution in [0.25, 0.3) is 0 Å². The molecule has 1 rings (SSSR count). The number of aliphatic hydroxyl groups excluding tert-OH is 2. The fourth-order valence-electron chi connectivity index (χ4n) is 1.24. The minimum absolute atomic E-state index is 0.0411. The van der Waals surface area contributed by atoms with Gasteiger partial charge in [0.15, 0.2) is 5.82 Å². The summed E-state index contributed by atoms with van der Waals surface area (Å²) >= 11 is 0. The lowest BCUT2D eigenvalue weighted by molar-refractivity contribution is 0.311. The molecule has 0 aliphatic rings. The smallest absolute Gasteiger partial charge is 0.151 e. The molecule has 1 heterocycles. The maximum absolute atomic E-state index is 8.90. The number of hydrogen-bond donors (Lipinski definition) is 5. The molecule has 0 radical (unpaired) electrons. The summed E-state index contributed by atoms with van der Waals surface area (Å²) in [6.07, 6.45) is 0. The SMILES string of the molecule is N#Cc1cc(N)c(NCCO)nc1NCCO. The van der Waals surface area contributed by atoms with Crippen molar-refractivity contribution < 1.29 is 10.2 Å². The molecule has 0 aromatic carbocycles. The van der Waals surface area contributed by atoms with Crippen LogP contribution in [0.3, 0.4) is 0 Å². The molecule has 92 valence electrons. The Bertz CT molecular complexity index is 416. The Hall–Kier alpha value is -2.04. The average molecular weight is 237 g/mol. The van der Waals surface area contributed by atoms with Gasteiger partial charge in [-0.15, -0.1) is 0 Å². The van der Waals surface area contributed by atoms with E-state index in [-0.39, 0.29) is 13.2 Å². The Morgan fingerprint density at radius 3 is 2.35 bits per heavy atom. The van der Waals surface area contributed by atoms with Crippen molar-refractivity contribution in [3.63, 3.8) is 0 Å². The summed E-state index contributed by atoms with van der Waals surface area (Å²) in [7, 11) is 0. The molecule has 7 heteroatoms. The number of nitriles is 1. The molecular formula is C10H15N5O2. The summed E-state index contributed by atoms with van der Waals surface area (Å²) in [5, 5.41) is 32.0. The Morgan fingerprint density at radius 1 is 1.24 bits per heavy atom. The van der Waals surface area contributed by atoms with Crippen molar-refractivity contribution >= 4 is 17.3 Å². The highest BCUT2D eigenvalue weighted by Gasteiger charge is 2.09. The monoisotopic (exact) mass is 237 g/mol. The maximum atomic E-state index is 8.90. The summed E-state index contributed by atoms with van der Waals surface area (Å²) in [6.45, 7) is 0.518. The zero-order valence-electron chi connectivity index (χ0n) is 9.27. The van der Waals surface area contributed by atoms with Gasteiger partial charge in [-0.05, 0) is 6.07 Å². The van der Waals surface area contributed by atoms with E-state index in [1.165, 1.54) is 6.07 Å². The Balaban J connectivity index is 2.96. The van der Waals surface area contributed by atoms with Gasteiger partial charge in [0, 0.05) is 13.1 Å². The molecule has 0 unspecified atom stereocenters. The number of nitrogen functional groups attached to an aromatic ring is 1. The van der Waals surface area contributed by atoms with Crippen LogP contribution in [0.1, 0.15) is 5.56 Å². The van der Waals surface area contributed by atoms with Gasteiger partial charge in [-0.2, -0.15) is 5.26 Å². The topological polar surface area (TPSA) is 127 Å². The molecule has 6 N–H and O–H groups in total. The summed E-state index contributed by atoms with van der Waals surface area (Å²) in [4.78, 5) is 4.13. The van der Waals surface area contributed by atoms with E-state index in [1.54, 1.807) is 0 Å². The number of nitrogens with two attached hydrogens (primary N) is 1. The Labute approximate surface area is 98.9 Å². The molecule has 0 saturated carbocycles. The summed E-state index contributed by atoms with van der Waals surface area (Å²) in [5.74, 6) is 0.759. The third kappa shape index (κ3) is 3.48. The predicted octanol–water partition coefficient (Wildman–Crippen LogP) is -0.656. The predicted molar refractivity (Wildman–Crippen MR) is 64.5 cm³/mol. The fraction of sp³-hybridized carbons (Fsp3) is 0.400. The molecule has 0 atom stereocenters. The second-order valence-electron chi connectivity index (χ2n) is 3.23. The summed E-state index contributed by atoms with van der Waals surface area (Å²) in [5.41, 5.74) is 6.35. The first-order chi connectivity index (χ1) is 8.22. The Morgan fingerprint density at radius 2 is 1.82 bits per heavy atom. The van der Waals surface area contributed by atoms with E-state index in [4.69, 9.17) is 21.2 Å². The zero-order valence-corrected chi connectivity index (χ0v) is 9.27. The molecule has 0 spiro atoms. The van der Waals surface area contributed by atoms with Crippen LogP contribution in [0.2, 0.25) is 0 Å². The van der Waals surface area contributed by atoms with E-state index in [0.29, 0.717) is 36.0 Å². The number of aliphatic hydroxyl groups is 2. The van der Waals surface area contributed by atoms with Crippen molar-refractivity contribution in [2.24, 2.45) is 0 Å². The van der Waals surface area contributed by atoms with Crippen molar-refractivity contribution in [2.45, 2.75) is 0 Å². The maximum Gasteiger partial charge on any atom is 0.151 e. The number of aromatic nitrogens is 1. The number of hydrogen-bond acceptors (Lipinski definition) is 7. The highest BCUT2D eigenvalue weighted by Crippen LogP contribution is 2.22. The van der Waals surface area contributed by atoms with E-state index in [0.717, 1.165) is 0 Å². The van der Waals surface area contributed by atoms with Crippen molar-refractivity contribution in [1.29, 1.82) is 5.26 Å². The number of pyridine rings is 1. The van der Waals surface area contributed by atoms with Gasteiger partial charge in [-0.1, -0.05) is 0 Å². The lowest BCUT2D eigenvalue weighted by Gasteiger charge is -2.11. The minimum Gasteiger partial charge on any atom is -0.396 e. The molecule has 0 aliphatic carbocycles. The van der Waals surface area contributed by atoms with Crippen LogP contribution in [0.15, 0.2) is 6.07 Å². The number of rotatable bonds is 6. The zero-order chi connectivity index (χ0) is 12.7. The molecule has 0 saturated heterocycles. The minimum atomic E-state index is -0.0592. The summed E-state index contributed by atoms with van der Waals surface area (Å²) in [6, 6.07) is 3.46. The number of nitrogens with one attached hydrogen (secondary N) is 2. The van der Waals surface area contributed by atoms with Crippen LogP contribution in [-0.4, -0.2) is 41.5 Å². The quantitative estimate of drug-likeness (QED) is 0.444. The molecule has 0 fully saturated rings. The first kappa shape index (κ1) is 13.0. The van der Waals surface area contributed by atoms with Gasteiger partial charge in [0.25, 0.3) is 0 Å². The van der Waals surface area contributed by atoms with Crippen molar-refractivity contribution in [2.75, 3.05) is 42.7 Å². The van der Waals surface area contributed by atoms with Crippen LogP contribution in [0.5, 0.6) is 0 Å². The van der Waals surface area contributed by atoms with Crippen molar-refractivity contribution in [1.82, 2.24) is 4.98 Å². The van der Waals surface area contributed by atoms with Crippen LogP contribution < -0.4 is 16.4 Å². The van der Waals surface area contributed by atoms with Crippen LogP contribution in [0.4, 0.5) is 17.3 Å². The van der Waals surface area contributed by atoms with Crippen molar-refractivity contribution in [3.05, 3.63) is 11.6 Å². The second kappa shape index (κ2) is 6.52. The molecule has 7 nitrogen and oxygen atoms in total. The van der Waals surface area contributed by atoms with Gasteiger partial charge < -0.3 is 26.6 Å². The molecule has 0 amide bonds. The van der Waals surface area contributed by atoms with E-state index < -0.39 is 0 Å². The average Bonchev–Trinajstić information content (AvgIpc) is 2.35. The van der Waals surface area contributed by atoms with E-state index in [1.807, 2.05) is 6.07 Å². The molecule has 0 bridgehead atoms. The highest BCUT2D eigenvalue weighted by atomic mass is 16.3. The first-order valence-corrected chi connectivity index (χ1v) is 5.13. The number of anilines is 3. The summed E-state index contributed by atoms with van der Waals surface area (Å²) < 4.78 is 0. The van der Waals surface area contributed by atoms with E-state index in [2.05, 4.69) is 15.6 Å². The van der Waals surface area contributed by atoms with Crippen LogP contribution in [0, 0.1) is 11.3 Å². The van der Waals surface area contributed by atoms with Gasteiger partial charge in [-0.25, -0.2) is 4.98 Å². The molecule has 1 aromatic heterocycles. The lowest BCUT2D eigenvalue weighted by Crippen LogP contribution is -2.13. The van der Waals surface area contributed by atoms with Gasteiger partial charge in [0.1, 0.15) is 11.9 Å². The number of nitrogens with zero attached hydrogens (tertiary/aromatic N) is 2. The first-order valence-electron chi connectivity index (χ1n) is 5.13. The van der Waals surface area contributed by atoms with Gasteiger partial charge in [0.05, 0.1) is 24.5 Å². The van der Waals surface area contributed by atoms with Gasteiger partial charge in [-0.3, -0.25) is 0 Å².